The van der Waals surface area contributed by atoms with E-state index in [4.69, 9.17) is 30.4 Å². The summed E-state index contributed by atoms with van der Waals surface area (Å²) in [5, 5.41) is 0. The largest absolute Gasteiger partial charge is 0.496 e. The first-order chi connectivity index (χ1) is 19.5. The van der Waals surface area contributed by atoms with Gasteiger partial charge in [-0.15, -0.1) is 6.42 Å². The highest BCUT2D eigenvalue weighted by Crippen LogP contribution is 2.37. The summed E-state index contributed by atoms with van der Waals surface area (Å²) in [5.74, 6) is 3.57. The fourth-order valence-corrected chi connectivity index (χ4v) is 5.60. The van der Waals surface area contributed by atoms with Gasteiger partial charge >= 0.3 is 5.97 Å². The summed E-state index contributed by atoms with van der Waals surface area (Å²) in [6.45, 7) is 6.41. The highest BCUT2D eigenvalue weighted by atomic mass is 32.1. The second-order valence-corrected chi connectivity index (χ2v) is 9.80. The van der Waals surface area contributed by atoms with Gasteiger partial charge in [-0.3, -0.25) is 9.36 Å². The third-order valence-electron chi connectivity index (χ3n) is 6.20. The van der Waals surface area contributed by atoms with Crippen molar-refractivity contribution in [1.82, 2.24) is 4.57 Å². The van der Waals surface area contributed by atoms with Gasteiger partial charge in [-0.2, -0.15) is 0 Å². The van der Waals surface area contributed by atoms with Gasteiger partial charge in [-0.1, -0.05) is 54.9 Å². The number of rotatable bonds is 11. The van der Waals surface area contributed by atoms with E-state index >= 15 is 0 Å². The van der Waals surface area contributed by atoms with Gasteiger partial charge in [0.1, 0.15) is 18.4 Å². The Balaban J connectivity index is 1.95. The van der Waals surface area contributed by atoms with E-state index < -0.39 is 12.0 Å². The number of fused-ring (bicyclic) bond motifs is 1. The molecule has 0 spiro atoms. The van der Waals surface area contributed by atoms with Gasteiger partial charge in [0, 0.05) is 5.56 Å². The Hall–Kier alpha value is -4.29. The van der Waals surface area contributed by atoms with Crippen molar-refractivity contribution in [3.63, 3.8) is 0 Å². The van der Waals surface area contributed by atoms with Crippen LogP contribution in [0.2, 0.25) is 0 Å². The third kappa shape index (κ3) is 5.82. The first-order valence-corrected chi connectivity index (χ1v) is 14.0. The molecule has 0 saturated heterocycles. The van der Waals surface area contributed by atoms with Crippen LogP contribution >= 0.6 is 11.3 Å². The van der Waals surface area contributed by atoms with Crippen molar-refractivity contribution < 1.29 is 23.7 Å². The molecule has 0 radical (unpaired) electrons. The van der Waals surface area contributed by atoms with Crippen LogP contribution in [-0.2, 0) is 9.53 Å². The Morgan fingerprint density at radius 3 is 2.60 bits per heavy atom. The number of para-hydroxylation sites is 1. The summed E-state index contributed by atoms with van der Waals surface area (Å²) in [7, 11) is 1.57. The van der Waals surface area contributed by atoms with Gasteiger partial charge in [0.15, 0.2) is 16.3 Å². The lowest BCUT2D eigenvalue weighted by atomic mass is 9.93. The first-order valence-electron chi connectivity index (χ1n) is 13.1. The molecule has 0 aliphatic carbocycles. The van der Waals surface area contributed by atoms with E-state index in [0.29, 0.717) is 56.4 Å². The molecule has 1 aromatic heterocycles. The van der Waals surface area contributed by atoms with Crippen molar-refractivity contribution >= 4 is 23.4 Å². The summed E-state index contributed by atoms with van der Waals surface area (Å²) in [6.07, 6.45) is 8.44. The molecular weight excluding hydrogens is 528 g/mol. The molecule has 0 amide bonds. The number of aromatic nitrogens is 1. The van der Waals surface area contributed by atoms with E-state index in [0.717, 1.165) is 12.0 Å². The monoisotopic (exact) mass is 560 g/mol. The zero-order valence-electron chi connectivity index (χ0n) is 23.1. The zero-order chi connectivity index (χ0) is 28.6. The minimum atomic E-state index is -0.756. The Bertz CT molecular complexity index is 1640. The van der Waals surface area contributed by atoms with E-state index in [-0.39, 0.29) is 18.8 Å². The maximum Gasteiger partial charge on any atom is 0.338 e. The van der Waals surface area contributed by atoms with Crippen LogP contribution in [0.15, 0.2) is 63.5 Å². The smallest absolute Gasteiger partial charge is 0.338 e. The highest BCUT2D eigenvalue weighted by Gasteiger charge is 2.35. The molecule has 0 N–H and O–H groups in total. The van der Waals surface area contributed by atoms with Gasteiger partial charge < -0.3 is 18.9 Å². The van der Waals surface area contributed by atoms with Gasteiger partial charge in [0.05, 0.1) is 36.1 Å². The molecule has 1 aliphatic rings. The molecular formula is C31H32N2O6S. The average Bonchev–Trinajstić information content (AvgIpc) is 3.26. The number of hydrogen-bond acceptors (Lipinski definition) is 8. The van der Waals surface area contributed by atoms with Crippen LogP contribution in [0, 0.1) is 12.3 Å². The minimum Gasteiger partial charge on any atom is -0.496 e. The van der Waals surface area contributed by atoms with Crippen molar-refractivity contribution in [3.8, 4) is 29.6 Å². The molecule has 0 unspecified atom stereocenters. The quantitative estimate of drug-likeness (QED) is 0.260. The van der Waals surface area contributed by atoms with Crippen LogP contribution in [-0.4, -0.2) is 37.5 Å². The summed E-state index contributed by atoms with van der Waals surface area (Å²) in [6, 6.07) is 12.0. The van der Waals surface area contributed by atoms with Crippen molar-refractivity contribution in [2.45, 2.75) is 39.7 Å². The Morgan fingerprint density at radius 2 is 1.90 bits per heavy atom. The van der Waals surface area contributed by atoms with Crippen LogP contribution in [0.1, 0.15) is 50.8 Å². The summed E-state index contributed by atoms with van der Waals surface area (Å²) in [4.78, 5) is 32.7. The van der Waals surface area contributed by atoms with Crippen LogP contribution < -0.4 is 29.1 Å². The minimum absolute atomic E-state index is 0.115. The summed E-state index contributed by atoms with van der Waals surface area (Å²) < 4.78 is 24.5. The number of nitrogens with zero attached hydrogens (tertiary/aromatic N) is 2. The number of carbonyl (C=O) groups excluding carboxylic acids is 1. The molecule has 3 aromatic rings. The average molecular weight is 561 g/mol. The SMILES string of the molecule is C#CCOc1ccc(/C=c2\sc3n(c2=O)[C@@H](c2ccccc2OC)C(C(=O)OCC)=C(CCC)N=3)cc1OCC. The molecule has 2 aromatic carbocycles. The fourth-order valence-electron chi connectivity index (χ4n) is 4.58. The predicted molar refractivity (Wildman–Crippen MR) is 155 cm³/mol. The topological polar surface area (TPSA) is 88.4 Å². The lowest BCUT2D eigenvalue weighted by Gasteiger charge is -2.26. The van der Waals surface area contributed by atoms with Crippen molar-refractivity contribution in [3.05, 3.63) is 84.5 Å². The van der Waals surface area contributed by atoms with E-state index in [9.17, 15) is 9.59 Å². The number of carbonyl (C=O) groups is 1. The van der Waals surface area contributed by atoms with Gasteiger partial charge in [-0.05, 0) is 50.1 Å². The summed E-state index contributed by atoms with van der Waals surface area (Å²) >= 11 is 1.27. The number of benzene rings is 2. The van der Waals surface area contributed by atoms with Gasteiger partial charge in [0.25, 0.3) is 5.56 Å². The van der Waals surface area contributed by atoms with E-state index in [1.54, 1.807) is 36.8 Å². The van der Waals surface area contributed by atoms with Crippen molar-refractivity contribution in [2.75, 3.05) is 26.9 Å². The molecule has 2 heterocycles. The lowest BCUT2D eigenvalue weighted by Crippen LogP contribution is -2.40. The van der Waals surface area contributed by atoms with E-state index in [1.165, 1.54) is 11.3 Å². The zero-order valence-corrected chi connectivity index (χ0v) is 23.9. The molecule has 1 atom stereocenters. The van der Waals surface area contributed by atoms with E-state index in [1.807, 2.05) is 44.2 Å². The second kappa shape index (κ2) is 13.2. The molecule has 0 bridgehead atoms. The van der Waals surface area contributed by atoms with Crippen LogP contribution in [0.3, 0.4) is 0 Å². The standard InChI is InChI=1S/C31H32N2O6S/c1-6-12-22-27(30(35)38-9-4)28(21-13-10-11-14-23(21)36-5)33-29(34)26(40-31(33)32-22)19-20-15-16-24(39-17-7-2)25(18-20)37-8-3/h2,10-11,13-16,18-19,28H,6,8-9,12,17H2,1,3-5H3/b26-19-/t28-/m0/s1. The number of terminal acetylenes is 1. The van der Waals surface area contributed by atoms with Crippen LogP contribution in [0.5, 0.6) is 17.2 Å². The van der Waals surface area contributed by atoms with Crippen molar-refractivity contribution in [1.29, 1.82) is 0 Å². The molecule has 4 rings (SSSR count). The Labute approximate surface area is 237 Å². The van der Waals surface area contributed by atoms with Crippen LogP contribution in [0.4, 0.5) is 0 Å². The molecule has 1 aliphatic heterocycles. The maximum absolute atomic E-state index is 14.0. The molecule has 0 saturated carbocycles. The van der Waals surface area contributed by atoms with Crippen molar-refractivity contribution in [2.24, 2.45) is 4.99 Å². The fraction of sp³-hybridized carbons (Fsp3) is 0.323. The summed E-state index contributed by atoms with van der Waals surface area (Å²) in [5.41, 5.74) is 2.11. The van der Waals surface area contributed by atoms with Gasteiger partial charge in [0.2, 0.25) is 0 Å². The van der Waals surface area contributed by atoms with Crippen LogP contribution in [0.25, 0.3) is 6.08 Å². The lowest BCUT2D eigenvalue weighted by molar-refractivity contribution is -0.139. The maximum atomic E-state index is 14.0. The Kier molecular flexibility index (Phi) is 9.46. The molecule has 208 valence electrons. The van der Waals surface area contributed by atoms with E-state index in [2.05, 4.69) is 5.92 Å². The number of ether oxygens (including phenoxy) is 4. The normalized spacial score (nSPS) is 14.7. The first kappa shape index (κ1) is 28.7. The third-order valence-corrected chi connectivity index (χ3v) is 7.19. The molecule has 8 nitrogen and oxygen atoms in total. The highest BCUT2D eigenvalue weighted by molar-refractivity contribution is 7.07. The molecule has 40 heavy (non-hydrogen) atoms. The number of esters is 1. The second-order valence-electron chi connectivity index (χ2n) is 8.79. The number of hydrogen-bond donors (Lipinski definition) is 0. The number of allylic oxidation sites excluding steroid dienone is 1. The van der Waals surface area contributed by atoms with Gasteiger partial charge in [-0.25, -0.2) is 9.79 Å². The number of methoxy groups -OCH3 is 1. The predicted octanol–water partition coefficient (Wildman–Crippen LogP) is 4.00. The Morgan fingerprint density at radius 1 is 1.10 bits per heavy atom. The molecule has 0 fully saturated rings. The number of thiazole rings is 1. The molecule has 9 heteroatoms.